The van der Waals surface area contributed by atoms with Gasteiger partial charge in [-0.05, 0) is 77.6 Å². The molecule has 0 amide bonds. The summed E-state index contributed by atoms with van der Waals surface area (Å²) in [5.74, 6) is 0.886. The quantitative estimate of drug-likeness (QED) is 0.919. The minimum atomic E-state index is -0.220. The van der Waals surface area contributed by atoms with Gasteiger partial charge in [-0.3, -0.25) is 0 Å². The van der Waals surface area contributed by atoms with Crippen LogP contribution in [0.25, 0.3) is 0 Å². The summed E-state index contributed by atoms with van der Waals surface area (Å²) in [5.41, 5.74) is 3.95. The van der Waals surface area contributed by atoms with E-state index in [9.17, 15) is 5.11 Å². The molecule has 2 aliphatic rings. The summed E-state index contributed by atoms with van der Waals surface area (Å²) >= 11 is 0. The van der Waals surface area contributed by atoms with E-state index in [0.29, 0.717) is 0 Å². The molecule has 1 aromatic rings. The van der Waals surface area contributed by atoms with Gasteiger partial charge in [-0.15, -0.1) is 0 Å². The van der Waals surface area contributed by atoms with E-state index in [2.05, 4.69) is 29.5 Å². The van der Waals surface area contributed by atoms with E-state index < -0.39 is 0 Å². The van der Waals surface area contributed by atoms with Crippen molar-refractivity contribution in [2.45, 2.75) is 58.1 Å². The van der Waals surface area contributed by atoms with Crippen LogP contribution in [0.3, 0.4) is 0 Å². The minimum Gasteiger partial charge on any atom is -0.388 e. The van der Waals surface area contributed by atoms with E-state index in [1.165, 1.54) is 49.3 Å². The first-order chi connectivity index (χ1) is 9.65. The zero-order valence-electron chi connectivity index (χ0n) is 12.9. The fraction of sp³-hybridized carbons (Fsp3) is 0.765. The lowest BCUT2D eigenvalue weighted by molar-refractivity contribution is 0.155. The first-order valence-electron chi connectivity index (χ1n) is 8.20. The number of nitrogens with zero attached hydrogens (tertiary/aromatic N) is 2. The molecule has 3 nitrogen and oxygen atoms in total. The van der Waals surface area contributed by atoms with Crippen molar-refractivity contribution in [2.24, 2.45) is 5.92 Å². The second-order valence-corrected chi connectivity index (χ2v) is 6.78. The minimum absolute atomic E-state index is 0.220. The third kappa shape index (κ3) is 2.79. The summed E-state index contributed by atoms with van der Waals surface area (Å²) < 4.78 is 2.48. The van der Waals surface area contributed by atoms with E-state index in [1.54, 1.807) is 0 Å². The number of rotatable bonds is 3. The van der Waals surface area contributed by atoms with Crippen molar-refractivity contribution in [2.75, 3.05) is 20.1 Å². The van der Waals surface area contributed by atoms with Gasteiger partial charge in [-0.2, -0.15) is 0 Å². The lowest BCUT2D eigenvalue weighted by atomic mass is 9.93. The summed E-state index contributed by atoms with van der Waals surface area (Å²) in [6, 6.07) is 2.22. The molecule has 2 heterocycles. The number of likely N-dealkylation sites (tertiary alicyclic amines) is 1. The number of hydrogen-bond acceptors (Lipinski definition) is 2. The Morgan fingerprint density at radius 1 is 1.25 bits per heavy atom. The Kier molecular flexibility index (Phi) is 4.18. The van der Waals surface area contributed by atoms with Crippen molar-refractivity contribution >= 4 is 0 Å². The highest BCUT2D eigenvalue weighted by molar-refractivity contribution is 5.31. The van der Waals surface area contributed by atoms with Crippen LogP contribution >= 0.6 is 0 Å². The first kappa shape index (κ1) is 14.2. The third-order valence-electron chi connectivity index (χ3n) is 5.30. The molecule has 0 bridgehead atoms. The average molecular weight is 276 g/mol. The molecule has 1 aliphatic carbocycles. The molecule has 112 valence electrons. The number of hydrogen-bond donors (Lipinski definition) is 1. The van der Waals surface area contributed by atoms with Crippen molar-refractivity contribution in [3.63, 3.8) is 0 Å². The molecule has 3 rings (SSSR count). The summed E-state index contributed by atoms with van der Waals surface area (Å²) in [4.78, 5) is 2.44. The van der Waals surface area contributed by atoms with Crippen LogP contribution in [0.4, 0.5) is 0 Å². The summed E-state index contributed by atoms with van der Waals surface area (Å²) in [6.07, 6.45) is 6.99. The molecule has 3 heteroatoms. The van der Waals surface area contributed by atoms with Gasteiger partial charge in [0.25, 0.3) is 0 Å². The maximum atomic E-state index is 10.1. The Morgan fingerprint density at radius 2 is 2.00 bits per heavy atom. The number of aliphatic hydroxyl groups excluding tert-OH is 1. The van der Waals surface area contributed by atoms with Crippen molar-refractivity contribution < 1.29 is 5.11 Å². The highest BCUT2D eigenvalue weighted by atomic mass is 16.3. The fourth-order valence-electron chi connectivity index (χ4n) is 3.91. The van der Waals surface area contributed by atoms with E-state index in [0.717, 1.165) is 31.7 Å². The largest absolute Gasteiger partial charge is 0.388 e. The van der Waals surface area contributed by atoms with E-state index in [-0.39, 0.29) is 6.10 Å². The predicted molar refractivity (Wildman–Crippen MR) is 81.9 cm³/mol. The van der Waals surface area contributed by atoms with Crippen LogP contribution < -0.4 is 0 Å². The van der Waals surface area contributed by atoms with Crippen LogP contribution in [0.5, 0.6) is 0 Å². The standard InChI is InChI=1S/C17H28N2O/c1-13-12-15-16(4-3-5-17(15)20)19(13)11-8-14-6-9-18(2)10-7-14/h12,14,17,20H,3-11H2,1-2H3. The number of aryl methyl sites for hydroxylation is 1. The van der Waals surface area contributed by atoms with Crippen LogP contribution in [0.1, 0.15) is 55.2 Å². The molecular weight excluding hydrogens is 248 g/mol. The second kappa shape index (κ2) is 5.90. The summed E-state index contributed by atoms with van der Waals surface area (Å²) in [6.45, 7) is 5.85. The number of aromatic nitrogens is 1. The van der Waals surface area contributed by atoms with Gasteiger partial charge in [0, 0.05) is 23.5 Å². The Balaban J connectivity index is 1.66. The summed E-state index contributed by atoms with van der Waals surface area (Å²) in [5, 5.41) is 10.1. The molecule has 1 saturated heterocycles. The highest BCUT2D eigenvalue weighted by Crippen LogP contribution is 2.33. The molecule has 0 spiro atoms. The van der Waals surface area contributed by atoms with Gasteiger partial charge in [-0.25, -0.2) is 0 Å². The van der Waals surface area contributed by atoms with Crippen LogP contribution in [0.15, 0.2) is 6.07 Å². The molecule has 1 aliphatic heterocycles. The Hall–Kier alpha value is -0.800. The fourth-order valence-corrected chi connectivity index (χ4v) is 3.91. The molecular formula is C17H28N2O. The number of aliphatic hydroxyl groups is 1. The van der Waals surface area contributed by atoms with Gasteiger partial charge in [0.1, 0.15) is 0 Å². The number of fused-ring (bicyclic) bond motifs is 1. The molecule has 0 saturated carbocycles. The van der Waals surface area contributed by atoms with Gasteiger partial charge in [-0.1, -0.05) is 0 Å². The van der Waals surface area contributed by atoms with Crippen LogP contribution in [-0.2, 0) is 13.0 Å². The maximum Gasteiger partial charge on any atom is 0.0807 e. The highest BCUT2D eigenvalue weighted by Gasteiger charge is 2.23. The molecule has 1 aromatic heterocycles. The van der Waals surface area contributed by atoms with Gasteiger partial charge in [0.2, 0.25) is 0 Å². The van der Waals surface area contributed by atoms with E-state index in [4.69, 9.17) is 0 Å². The molecule has 1 atom stereocenters. The zero-order chi connectivity index (χ0) is 14.1. The zero-order valence-corrected chi connectivity index (χ0v) is 12.9. The van der Waals surface area contributed by atoms with Gasteiger partial charge in [0.15, 0.2) is 0 Å². The Labute approximate surface area is 122 Å². The number of piperidine rings is 1. The van der Waals surface area contributed by atoms with Crippen molar-refractivity contribution in [1.82, 2.24) is 9.47 Å². The SMILES string of the molecule is Cc1cc2c(n1CCC1CCN(C)CC1)CCCC2O. The van der Waals surface area contributed by atoms with Crippen LogP contribution in [0, 0.1) is 12.8 Å². The topological polar surface area (TPSA) is 28.4 Å². The van der Waals surface area contributed by atoms with Crippen molar-refractivity contribution in [3.8, 4) is 0 Å². The van der Waals surface area contributed by atoms with Crippen molar-refractivity contribution in [1.29, 1.82) is 0 Å². The molecule has 20 heavy (non-hydrogen) atoms. The van der Waals surface area contributed by atoms with Gasteiger partial charge < -0.3 is 14.6 Å². The maximum absolute atomic E-state index is 10.1. The van der Waals surface area contributed by atoms with Gasteiger partial charge in [0.05, 0.1) is 6.10 Å². The third-order valence-corrected chi connectivity index (χ3v) is 5.30. The normalized spacial score (nSPS) is 24.9. The Morgan fingerprint density at radius 3 is 2.75 bits per heavy atom. The van der Waals surface area contributed by atoms with Crippen LogP contribution in [0.2, 0.25) is 0 Å². The van der Waals surface area contributed by atoms with Gasteiger partial charge >= 0.3 is 0 Å². The Bertz CT molecular complexity index is 458. The molecule has 1 N–H and O–H groups in total. The molecule has 1 fully saturated rings. The average Bonchev–Trinajstić information content (AvgIpc) is 2.76. The smallest absolute Gasteiger partial charge is 0.0807 e. The van der Waals surface area contributed by atoms with E-state index >= 15 is 0 Å². The molecule has 0 radical (unpaired) electrons. The molecule has 1 unspecified atom stereocenters. The predicted octanol–water partition coefficient (Wildman–Crippen LogP) is 2.90. The lowest BCUT2D eigenvalue weighted by Crippen LogP contribution is -2.30. The first-order valence-corrected chi connectivity index (χ1v) is 8.20. The lowest BCUT2D eigenvalue weighted by Gasteiger charge is -2.29. The second-order valence-electron chi connectivity index (χ2n) is 6.78. The van der Waals surface area contributed by atoms with Crippen LogP contribution in [-0.4, -0.2) is 34.7 Å². The van der Waals surface area contributed by atoms with Crippen molar-refractivity contribution in [3.05, 3.63) is 23.0 Å². The molecule has 0 aromatic carbocycles. The summed E-state index contributed by atoms with van der Waals surface area (Å²) in [7, 11) is 2.23. The monoisotopic (exact) mass is 276 g/mol. The van der Waals surface area contributed by atoms with E-state index in [1.807, 2.05) is 0 Å².